The largest absolute Gasteiger partial charge is 0.381 e. The fraction of sp³-hybridized carbons (Fsp3) is 0.588. The van der Waals surface area contributed by atoms with Crippen LogP contribution in [0.15, 0.2) is 24.3 Å². The van der Waals surface area contributed by atoms with Crippen molar-refractivity contribution in [1.29, 1.82) is 0 Å². The first-order valence-corrected chi connectivity index (χ1v) is 7.71. The first-order valence-electron chi connectivity index (χ1n) is 7.71. The Morgan fingerprint density at radius 2 is 1.81 bits per heavy atom. The second-order valence-corrected chi connectivity index (χ2v) is 6.12. The zero-order chi connectivity index (χ0) is 15.4. The van der Waals surface area contributed by atoms with E-state index in [4.69, 9.17) is 10.5 Å². The van der Waals surface area contributed by atoms with E-state index in [1.54, 1.807) is 11.9 Å². The second-order valence-electron chi connectivity index (χ2n) is 6.12. The van der Waals surface area contributed by atoms with Gasteiger partial charge < -0.3 is 15.4 Å². The molecule has 0 spiro atoms. The Labute approximate surface area is 127 Å². The quantitative estimate of drug-likeness (QED) is 0.927. The molecule has 116 valence electrons. The van der Waals surface area contributed by atoms with Crippen LogP contribution >= 0.6 is 0 Å². The standard InChI is InChI=1S/C17H26N2O2/c1-12(2)13-4-6-15(7-5-13)19(3)17(20)16(18)14-8-10-21-11-9-14/h4-7,12,14,16H,8-11,18H2,1-3H3. The lowest BCUT2D eigenvalue weighted by Gasteiger charge is -2.30. The molecule has 0 radical (unpaired) electrons. The van der Waals surface area contributed by atoms with Crippen molar-refractivity contribution in [1.82, 2.24) is 0 Å². The molecular formula is C17H26N2O2. The molecule has 1 amide bonds. The van der Waals surface area contributed by atoms with E-state index in [-0.39, 0.29) is 11.8 Å². The number of ether oxygens (including phenoxy) is 1. The first kappa shape index (κ1) is 16.0. The van der Waals surface area contributed by atoms with Crippen molar-refractivity contribution in [3.63, 3.8) is 0 Å². The van der Waals surface area contributed by atoms with Crippen molar-refractivity contribution in [2.24, 2.45) is 11.7 Å². The SMILES string of the molecule is CC(C)c1ccc(N(C)C(=O)C(N)C2CCOCC2)cc1. The lowest BCUT2D eigenvalue weighted by Crippen LogP contribution is -2.47. The van der Waals surface area contributed by atoms with Crippen molar-refractivity contribution >= 4 is 11.6 Å². The van der Waals surface area contributed by atoms with E-state index in [1.807, 2.05) is 12.1 Å². The molecule has 4 heteroatoms. The van der Waals surface area contributed by atoms with Crippen molar-refractivity contribution < 1.29 is 9.53 Å². The van der Waals surface area contributed by atoms with Crippen molar-refractivity contribution in [2.75, 3.05) is 25.2 Å². The van der Waals surface area contributed by atoms with E-state index in [0.29, 0.717) is 19.1 Å². The monoisotopic (exact) mass is 290 g/mol. The molecule has 1 aromatic carbocycles. The average molecular weight is 290 g/mol. The van der Waals surface area contributed by atoms with Crippen LogP contribution in [0.2, 0.25) is 0 Å². The molecule has 1 unspecified atom stereocenters. The summed E-state index contributed by atoms with van der Waals surface area (Å²) in [5.74, 6) is 0.701. The van der Waals surface area contributed by atoms with Gasteiger partial charge in [0.2, 0.25) is 5.91 Å². The lowest BCUT2D eigenvalue weighted by molar-refractivity contribution is -0.121. The number of carbonyl (C=O) groups is 1. The Morgan fingerprint density at radius 3 is 2.33 bits per heavy atom. The fourth-order valence-corrected chi connectivity index (χ4v) is 2.71. The van der Waals surface area contributed by atoms with Crippen molar-refractivity contribution in [3.05, 3.63) is 29.8 Å². The minimum atomic E-state index is -0.441. The molecule has 0 bridgehead atoms. The van der Waals surface area contributed by atoms with Gasteiger partial charge in [0, 0.05) is 25.9 Å². The highest BCUT2D eigenvalue weighted by molar-refractivity contribution is 5.96. The third kappa shape index (κ3) is 3.83. The van der Waals surface area contributed by atoms with Gasteiger partial charge in [0.1, 0.15) is 0 Å². The van der Waals surface area contributed by atoms with Gasteiger partial charge in [-0.15, -0.1) is 0 Å². The van der Waals surface area contributed by atoms with Gasteiger partial charge in [-0.25, -0.2) is 0 Å². The number of nitrogens with two attached hydrogens (primary N) is 1. The Hall–Kier alpha value is -1.39. The highest BCUT2D eigenvalue weighted by Gasteiger charge is 2.29. The molecule has 1 heterocycles. The third-order valence-corrected chi connectivity index (χ3v) is 4.34. The summed E-state index contributed by atoms with van der Waals surface area (Å²) in [6.45, 7) is 5.73. The van der Waals surface area contributed by atoms with E-state index in [9.17, 15) is 4.79 Å². The number of carbonyl (C=O) groups excluding carboxylic acids is 1. The van der Waals surface area contributed by atoms with Crippen LogP contribution in [0, 0.1) is 5.92 Å². The van der Waals surface area contributed by atoms with E-state index < -0.39 is 6.04 Å². The highest BCUT2D eigenvalue weighted by atomic mass is 16.5. The number of hydrogen-bond acceptors (Lipinski definition) is 3. The summed E-state index contributed by atoms with van der Waals surface area (Å²) in [6.07, 6.45) is 1.74. The first-order chi connectivity index (χ1) is 10.0. The predicted octanol–water partition coefficient (Wildman–Crippen LogP) is 2.53. The molecule has 0 aromatic heterocycles. The van der Waals surface area contributed by atoms with Gasteiger partial charge in [-0.05, 0) is 42.4 Å². The Balaban J connectivity index is 2.03. The smallest absolute Gasteiger partial charge is 0.243 e. The molecular weight excluding hydrogens is 264 g/mol. The maximum Gasteiger partial charge on any atom is 0.243 e. The minimum absolute atomic E-state index is 0.0146. The number of nitrogens with zero attached hydrogens (tertiary/aromatic N) is 1. The molecule has 0 aliphatic carbocycles. The van der Waals surface area contributed by atoms with E-state index in [1.165, 1.54) is 5.56 Å². The average Bonchev–Trinajstić information content (AvgIpc) is 2.53. The summed E-state index contributed by atoms with van der Waals surface area (Å²) >= 11 is 0. The van der Waals surface area contributed by atoms with Crippen LogP contribution in [0.4, 0.5) is 5.69 Å². The zero-order valence-electron chi connectivity index (χ0n) is 13.2. The molecule has 1 aliphatic rings. The van der Waals surface area contributed by atoms with Gasteiger partial charge in [0.15, 0.2) is 0 Å². The van der Waals surface area contributed by atoms with E-state index in [0.717, 1.165) is 18.5 Å². The molecule has 2 N–H and O–H groups in total. The molecule has 1 aliphatic heterocycles. The molecule has 4 nitrogen and oxygen atoms in total. The van der Waals surface area contributed by atoms with Gasteiger partial charge in [-0.3, -0.25) is 4.79 Å². The van der Waals surface area contributed by atoms with Gasteiger partial charge in [-0.1, -0.05) is 26.0 Å². The van der Waals surface area contributed by atoms with Crippen molar-refractivity contribution in [3.8, 4) is 0 Å². The van der Waals surface area contributed by atoms with Gasteiger partial charge >= 0.3 is 0 Å². The maximum absolute atomic E-state index is 12.5. The van der Waals surface area contributed by atoms with E-state index >= 15 is 0 Å². The highest BCUT2D eigenvalue weighted by Crippen LogP contribution is 2.23. The number of benzene rings is 1. The summed E-state index contributed by atoms with van der Waals surface area (Å²) in [6, 6.07) is 7.69. The van der Waals surface area contributed by atoms with Crippen LogP contribution in [-0.2, 0) is 9.53 Å². The summed E-state index contributed by atoms with van der Waals surface area (Å²) in [7, 11) is 1.80. The lowest BCUT2D eigenvalue weighted by atomic mass is 9.91. The maximum atomic E-state index is 12.5. The van der Waals surface area contributed by atoms with Crippen LogP contribution in [0.25, 0.3) is 0 Å². The van der Waals surface area contributed by atoms with Gasteiger partial charge in [0.25, 0.3) is 0 Å². The fourth-order valence-electron chi connectivity index (χ4n) is 2.71. The Kier molecular flexibility index (Phi) is 5.37. The predicted molar refractivity (Wildman–Crippen MR) is 85.5 cm³/mol. The summed E-state index contributed by atoms with van der Waals surface area (Å²) < 4.78 is 5.33. The van der Waals surface area contributed by atoms with Crippen LogP contribution in [0.3, 0.4) is 0 Å². The second kappa shape index (κ2) is 7.05. The Bertz CT molecular complexity index is 464. The van der Waals surface area contributed by atoms with E-state index in [2.05, 4.69) is 26.0 Å². The normalized spacial score (nSPS) is 17.8. The zero-order valence-corrected chi connectivity index (χ0v) is 13.2. The molecule has 21 heavy (non-hydrogen) atoms. The molecule has 2 rings (SSSR count). The number of likely N-dealkylation sites (N-methyl/N-ethyl adjacent to an activating group) is 1. The summed E-state index contributed by atoms with van der Waals surface area (Å²) in [5, 5.41) is 0. The topological polar surface area (TPSA) is 55.6 Å². The number of amides is 1. The van der Waals surface area contributed by atoms with Gasteiger partial charge in [0.05, 0.1) is 6.04 Å². The minimum Gasteiger partial charge on any atom is -0.381 e. The third-order valence-electron chi connectivity index (χ3n) is 4.34. The summed E-state index contributed by atoms with van der Waals surface area (Å²) in [4.78, 5) is 14.2. The van der Waals surface area contributed by atoms with Crippen LogP contribution in [-0.4, -0.2) is 32.2 Å². The van der Waals surface area contributed by atoms with Crippen LogP contribution < -0.4 is 10.6 Å². The molecule has 1 aromatic rings. The molecule has 1 atom stereocenters. The molecule has 1 fully saturated rings. The molecule has 1 saturated heterocycles. The van der Waals surface area contributed by atoms with Crippen LogP contribution in [0.1, 0.15) is 38.2 Å². The number of hydrogen-bond donors (Lipinski definition) is 1. The van der Waals surface area contributed by atoms with Crippen molar-refractivity contribution in [2.45, 2.75) is 38.6 Å². The number of anilines is 1. The van der Waals surface area contributed by atoms with Gasteiger partial charge in [-0.2, -0.15) is 0 Å². The van der Waals surface area contributed by atoms with Crippen LogP contribution in [0.5, 0.6) is 0 Å². The number of rotatable bonds is 4. The Morgan fingerprint density at radius 1 is 1.24 bits per heavy atom. The summed E-state index contributed by atoms with van der Waals surface area (Å²) in [5.41, 5.74) is 8.33. The molecule has 0 saturated carbocycles.